The lowest BCUT2D eigenvalue weighted by atomic mass is 9.94. The van der Waals surface area contributed by atoms with E-state index in [-0.39, 0.29) is 19.2 Å². The quantitative estimate of drug-likeness (QED) is 0.799. The molecule has 0 aromatic carbocycles. The van der Waals surface area contributed by atoms with Crippen LogP contribution in [0.3, 0.4) is 0 Å². The van der Waals surface area contributed by atoms with E-state index in [0.29, 0.717) is 6.61 Å². The Morgan fingerprint density at radius 1 is 1.21 bits per heavy atom. The molecule has 24 heavy (non-hydrogen) atoms. The van der Waals surface area contributed by atoms with Crippen LogP contribution in [-0.4, -0.2) is 41.8 Å². The first-order chi connectivity index (χ1) is 11.7. The monoisotopic (exact) mass is 333 g/mol. The molecule has 1 spiro atoms. The normalized spacial score (nSPS) is 22.2. The van der Waals surface area contributed by atoms with Gasteiger partial charge in [0, 0.05) is 38.3 Å². The molecule has 1 saturated heterocycles. The molecule has 7 nitrogen and oxygen atoms in total. The third kappa shape index (κ3) is 4.30. The number of aromatic nitrogens is 1. The summed E-state index contributed by atoms with van der Waals surface area (Å²) < 4.78 is 11.8. The van der Waals surface area contributed by atoms with Gasteiger partial charge in [0.15, 0.2) is 5.79 Å². The Labute approximate surface area is 141 Å². The maximum absolute atomic E-state index is 11.9. The Bertz CT molecular complexity index is 572. The first-order valence-electron chi connectivity index (χ1n) is 8.44. The van der Waals surface area contributed by atoms with E-state index in [4.69, 9.17) is 9.47 Å². The maximum atomic E-state index is 11.9. The molecule has 0 radical (unpaired) electrons. The van der Waals surface area contributed by atoms with Gasteiger partial charge in [0.2, 0.25) is 0 Å². The zero-order valence-electron chi connectivity index (χ0n) is 13.6. The van der Waals surface area contributed by atoms with E-state index < -0.39 is 17.6 Å². The summed E-state index contributed by atoms with van der Waals surface area (Å²) in [6.07, 6.45) is 8.34. The van der Waals surface area contributed by atoms with E-state index in [1.165, 1.54) is 6.42 Å². The smallest absolute Gasteiger partial charge is 0.309 e. The second-order valence-corrected chi connectivity index (χ2v) is 6.28. The van der Waals surface area contributed by atoms with Crippen molar-refractivity contribution in [1.29, 1.82) is 0 Å². The number of carbonyl (C=O) groups excluding carboxylic acids is 2. The van der Waals surface area contributed by atoms with Gasteiger partial charge < -0.3 is 20.1 Å². The Balaban J connectivity index is 1.38. The highest BCUT2D eigenvalue weighted by molar-refractivity contribution is 6.35. The SMILES string of the molecule is O=C(NCc1cccnc1)C(=O)NC[C@@H]1COC2(CCCCC2)O1. The fourth-order valence-corrected chi connectivity index (χ4v) is 3.12. The minimum Gasteiger partial charge on any atom is -0.347 e. The van der Waals surface area contributed by atoms with E-state index >= 15 is 0 Å². The molecule has 0 unspecified atom stereocenters. The number of hydrogen-bond donors (Lipinski definition) is 2. The lowest BCUT2D eigenvalue weighted by Crippen LogP contribution is -2.43. The summed E-state index contributed by atoms with van der Waals surface area (Å²) in [6.45, 7) is 1.00. The molecule has 130 valence electrons. The Morgan fingerprint density at radius 2 is 2.00 bits per heavy atom. The molecular weight excluding hydrogens is 310 g/mol. The maximum Gasteiger partial charge on any atom is 0.309 e. The Kier molecular flexibility index (Phi) is 5.42. The predicted molar refractivity (Wildman–Crippen MR) is 85.7 cm³/mol. The van der Waals surface area contributed by atoms with Crippen LogP contribution < -0.4 is 10.6 Å². The summed E-state index contributed by atoms with van der Waals surface area (Å²) in [6, 6.07) is 3.61. The summed E-state index contributed by atoms with van der Waals surface area (Å²) in [7, 11) is 0. The number of carbonyl (C=O) groups is 2. The third-order valence-corrected chi connectivity index (χ3v) is 4.40. The molecule has 7 heteroatoms. The van der Waals surface area contributed by atoms with Gasteiger partial charge in [0.05, 0.1) is 6.61 Å². The number of hydrogen-bond acceptors (Lipinski definition) is 5. The van der Waals surface area contributed by atoms with Crippen molar-refractivity contribution in [3.05, 3.63) is 30.1 Å². The average molecular weight is 333 g/mol. The van der Waals surface area contributed by atoms with Gasteiger partial charge in [0.25, 0.3) is 0 Å². The lowest BCUT2D eigenvalue weighted by Gasteiger charge is -2.31. The van der Waals surface area contributed by atoms with Gasteiger partial charge in [0.1, 0.15) is 6.10 Å². The fraction of sp³-hybridized carbons (Fsp3) is 0.588. The highest BCUT2D eigenvalue weighted by Gasteiger charge is 2.42. The highest BCUT2D eigenvalue weighted by atomic mass is 16.7. The van der Waals surface area contributed by atoms with Crippen LogP contribution in [0.25, 0.3) is 0 Å². The van der Waals surface area contributed by atoms with Crippen LogP contribution in [0.1, 0.15) is 37.7 Å². The van der Waals surface area contributed by atoms with Crippen molar-refractivity contribution in [2.24, 2.45) is 0 Å². The molecule has 2 aliphatic rings. The molecule has 1 atom stereocenters. The number of pyridine rings is 1. The van der Waals surface area contributed by atoms with Crippen molar-refractivity contribution in [3.8, 4) is 0 Å². The average Bonchev–Trinajstić information content (AvgIpc) is 3.01. The van der Waals surface area contributed by atoms with Crippen LogP contribution >= 0.6 is 0 Å². The van der Waals surface area contributed by atoms with E-state index in [9.17, 15) is 9.59 Å². The molecule has 1 saturated carbocycles. The van der Waals surface area contributed by atoms with E-state index in [1.54, 1.807) is 18.5 Å². The second-order valence-electron chi connectivity index (χ2n) is 6.28. The van der Waals surface area contributed by atoms with Gasteiger partial charge >= 0.3 is 11.8 Å². The number of nitrogens with zero attached hydrogens (tertiary/aromatic N) is 1. The van der Waals surface area contributed by atoms with Crippen molar-refractivity contribution < 1.29 is 19.1 Å². The zero-order chi connectivity index (χ0) is 16.8. The molecule has 2 N–H and O–H groups in total. The highest BCUT2D eigenvalue weighted by Crippen LogP contribution is 2.37. The van der Waals surface area contributed by atoms with Crippen LogP contribution in [0.2, 0.25) is 0 Å². The van der Waals surface area contributed by atoms with E-state index in [0.717, 1.165) is 31.2 Å². The Morgan fingerprint density at radius 3 is 2.75 bits per heavy atom. The lowest BCUT2D eigenvalue weighted by molar-refractivity contribution is -0.186. The van der Waals surface area contributed by atoms with Gasteiger partial charge in [-0.2, -0.15) is 0 Å². The third-order valence-electron chi connectivity index (χ3n) is 4.40. The minimum atomic E-state index is -0.662. The molecule has 2 amide bonds. The summed E-state index contributed by atoms with van der Waals surface area (Å²) in [4.78, 5) is 27.6. The van der Waals surface area contributed by atoms with Crippen molar-refractivity contribution in [2.75, 3.05) is 13.2 Å². The molecule has 1 aromatic heterocycles. The number of nitrogens with one attached hydrogen (secondary N) is 2. The number of rotatable bonds is 4. The predicted octanol–water partition coefficient (Wildman–Crippen LogP) is 0.890. The van der Waals surface area contributed by atoms with Gasteiger partial charge in [-0.25, -0.2) is 0 Å². The topological polar surface area (TPSA) is 89.6 Å². The van der Waals surface area contributed by atoms with E-state index in [2.05, 4.69) is 15.6 Å². The molecule has 0 bridgehead atoms. The van der Waals surface area contributed by atoms with Crippen LogP contribution in [0.15, 0.2) is 24.5 Å². The van der Waals surface area contributed by atoms with Crippen LogP contribution in [0, 0.1) is 0 Å². The van der Waals surface area contributed by atoms with Gasteiger partial charge in [-0.05, 0) is 24.5 Å². The number of amides is 2. The molecule has 1 aliphatic carbocycles. The van der Waals surface area contributed by atoms with Crippen molar-refractivity contribution in [1.82, 2.24) is 15.6 Å². The van der Waals surface area contributed by atoms with Crippen LogP contribution in [0.4, 0.5) is 0 Å². The van der Waals surface area contributed by atoms with Gasteiger partial charge in [-0.3, -0.25) is 14.6 Å². The molecular formula is C17H23N3O4. The van der Waals surface area contributed by atoms with E-state index in [1.807, 2.05) is 6.07 Å². The van der Waals surface area contributed by atoms with Crippen LogP contribution in [-0.2, 0) is 25.6 Å². The number of ether oxygens (including phenoxy) is 2. The molecule has 3 rings (SSSR count). The fourth-order valence-electron chi connectivity index (χ4n) is 3.12. The molecule has 1 aromatic rings. The van der Waals surface area contributed by atoms with Gasteiger partial charge in [-0.1, -0.05) is 12.5 Å². The van der Waals surface area contributed by atoms with Crippen molar-refractivity contribution >= 4 is 11.8 Å². The van der Waals surface area contributed by atoms with Gasteiger partial charge in [-0.15, -0.1) is 0 Å². The summed E-state index contributed by atoms with van der Waals surface area (Å²) >= 11 is 0. The molecule has 2 fully saturated rings. The van der Waals surface area contributed by atoms with Crippen molar-refractivity contribution in [2.45, 2.75) is 50.5 Å². The summed E-state index contributed by atoms with van der Waals surface area (Å²) in [5, 5.41) is 5.18. The summed E-state index contributed by atoms with van der Waals surface area (Å²) in [5.74, 6) is -1.78. The first kappa shape index (κ1) is 16.9. The zero-order valence-corrected chi connectivity index (χ0v) is 13.6. The minimum absolute atomic E-state index is 0.196. The van der Waals surface area contributed by atoms with Crippen LogP contribution in [0.5, 0.6) is 0 Å². The second kappa shape index (κ2) is 7.72. The molecule has 2 heterocycles. The summed E-state index contributed by atoms with van der Waals surface area (Å²) in [5.41, 5.74) is 0.838. The standard InChI is InChI=1S/C17H23N3O4/c21-15(19-10-13-5-4-8-18-9-13)16(22)20-11-14-12-23-17(24-14)6-2-1-3-7-17/h4-5,8-9,14H,1-3,6-7,10-12H2,(H,19,21)(H,20,22)/t14-/m1/s1. The molecule has 1 aliphatic heterocycles. The Hall–Kier alpha value is -1.99. The first-order valence-corrected chi connectivity index (χ1v) is 8.44. The van der Waals surface area contributed by atoms with Crippen molar-refractivity contribution in [3.63, 3.8) is 0 Å². The largest absolute Gasteiger partial charge is 0.347 e.